The van der Waals surface area contributed by atoms with Gasteiger partial charge < -0.3 is 20.3 Å². The molecule has 0 radical (unpaired) electrons. The SMILES string of the molecule is CNC[C@H](O)[C@H](c1ccccc1)n1ccc2cc(C(=O)Nc3cccc(Cl)c3)ccc21.Cl. The Kier molecular flexibility index (Phi) is 7.94. The molecule has 0 unspecified atom stereocenters. The first kappa shape index (κ1) is 23.8. The number of hydrogen-bond acceptors (Lipinski definition) is 3. The van der Waals surface area contributed by atoms with E-state index in [0.717, 1.165) is 16.5 Å². The molecule has 1 heterocycles. The lowest BCUT2D eigenvalue weighted by Crippen LogP contribution is -2.33. The molecule has 4 aromatic rings. The fourth-order valence-electron chi connectivity index (χ4n) is 3.86. The van der Waals surface area contributed by atoms with Gasteiger partial charge in [-0.15, -0.1) is 12.4 Å². The highest BCUT2D eigenvalue weighted by molar-refractivity contribution is 6.31. The molecule has 0 aliphatic carbocycles. The lowest BCUT2D eigenvalue weighted by Gasteiger charge is -2.26. The Balaban J connectivity index is 0.00000289. The Morgan fingerprint density at radius 3 is 2.53 bits per heavy atom. The zero-order chi connectivity index (χ0) is 21.8. The minimum Gasteiger partial charge on any atom is -0.389 e. The summed E-state index contributed by atoms with van der Waals surface area (Å²) in [5, 5.41) is 18.3. The number of halogens is 2. The van der Waals surface area contributed by atoms with Gasteiger partial charge in [0.2, 0.25) is 0 Å². The number of fused-ring (bicyclic) bond motifs is 1. The van der Waals surface area contributed by atoms with Gasteiger partial charge in [-0.2, -0.15) is 0 Å². The van der Waals surface area contributed by atoms with Crippen LogP contribution in [0.4, 0.5) is 5.69 Å². The summed E-state index contributed by atoms with van der Waals surface area (Å²) in [6.07, 6.45) is 1.34. The quantitative estimate of drug-likeness (QED) is 0.351. The summed E-state index contributed by atoms with van der Waals surface area (Å²) >= 11 is 6.00. The first-order valence-electron chi connectivity index (χ1n) is 10.1. The highest BCUT2D eigenvalue weighted by Gasteiger charge is 2.23. The normalized spacial score (nSPS) is 12.7. The van der Waals surface area contributed by atoms with E-state index in [0.29, 0.717) is 22.8 Å². The molecule has 0 saturated heterocycles. The van der Waals surface area contributed by atoms with Crippen LogP contribution in [0.5, 0.6) is 0 Å². The summed E-state index contributed by atoms with van der Waals surface area (Å²) in [7, 11) is 1.82. The highest BCUT2D eigenvalue weighted by atomic mass is 35.5. The van der Waals surface area contributed by atoms with Gasteiger partial charge in [-0.1, -0.05) is 48.0 Å². The Labute approximate surface area is 198 Å². The van der Waals surface area contributed by atoms with E-state index in [1.54, 1.807) is 30.3 Å². The molecule has 1 aromatic heterocycles. The molecule has 3 aromatic carbocycles. The van der Waals surface area contributed by atoms with Gasteiger partial charge in [0.1, 0.15) is 0 Å². The molecule has 4 rings (SSSR count). The molecule has 0 bridgehead atoms. The first-order chi connectivity index (χ1) is 15.1. The highest BCUT2D eigenvalue weighted by Crippen LogP contribution is 2.29. The minimum absolute atomic E-state index is 0. The van der Waals surface area contributed by atoms with Crippen molar-refractivity contribution in [2.75, 3.05) is 18.9 Å². The van der Waals surface area contributed by atoms with Crippen molar-refractivity contribution in [2.24, 2.45) is 0 Å². The molecule has 0 aliphatic heterocycles. The average Bonchev–Trinajstić information content (AvgIpc) is 3.18. The van der Waals surface area contributed by atoms with Crippen LogP contribution < -0.4 is 10.6 Å². The van der Waals surface area contributed by atoms with Crippen LogP contribution >= 0.6 is 24.0 Å². The van der Waals surface area contributed by atoms with Gasteiger partial charge in [0.25, 0.3) is 5.91 Å². The van der Waals surface area contributed by atoms with Gasteiger partial charge in [0, 0.05) is 39.9 Å². The second kappa shape index (κ2) is 10.7. The number of carbonyl (C=O) groups excluding carboxylic acids is 1. The summed E-state index contributed by atoms with van der Waals surface area (Å²) in [4.78, 5) is 12.7. The van der Waals surface area contributed by atoms with Gasteiger partial charge in [-0.25, -0.2) is 0 Å². The maximum Gasteiger partial charge on any atom is 0.255 e. The predicted octanol–water partition coefficient (Wildman–Crippen LogP) is 5.14. The third-order valence-corrected chi connectivity index (χ3v) is 5.52. The molecule has 1 amide bonds. The fourth-order valence-corrected chi connectivity index (χ4v) is 4.05. The molecule has 0 saturated carbocycles. The largest absolute Gasteiger partial charge is 0.389 e. The van der Waals surface area contributed by atoms with Crippen LogP contribution in [0.15, 0.2) is 85.1 Å². The first-order valence-corrected chi connectivity index (χ1v) is 10.5. The molecule has 2 atom stereocenters. The van der Waals surface area contributed by atoms with Gasteiger partial charge >= 0.3 is 0 Å². The Hall–Kier alpha value is -2.83. The van der Waals surface area contributed by atoms with Gasteiger partial charge in [0.15, 0.2) is 0 Å². The van der Waals surface area contributed by atoms with Crippen LogP contribution in [-0.4, -0.2) is 35.3 Å². The standard InChI is InChI=1S/C25H24ClN3O2.ClH/c1-27-16-23(30)24(17-6-3-2-4-7-17)29-13-12-18-14-19(10-11-22(18)29)25(31)28-21-9-5-8-20(26)15-21;/h2-15,23-24,27,30H,16H2,1H3,(H,28,31);1H/t23-,24-;/m0./s1. The fraction of sp³-hybridized carbons (Fsp3) is 0.160. The van der Waals surface area contributed by atoms with Crippen molar-refractivity contribution in [1.29, 1.82) is 0 Å². The van der Waals surface area contributed by atoms with Crippen LogP contribution in [0.1, 0.15) is 22.0 Å². The smallest absolute Gasteiger partial charge is 0.255 e. The Bertz CT molecular complexity index is 1190. The second-order valence-electron chi connectivity index (χ2n) is 7.44. The maximum atomic E-state index is 12.7. The van der Waals surface area contributed by atoms with E-state index < -0.39 is 6.10 Å². The van der Waals surface area contributed by atoms with Crippen LogP contribution in [0, 0.1) is 0 Å². The molecule has 7 heteroatoms. The van der Waals surface area contributed by atoms with E-state index in [9.17, 15) is 9.90 Å². The maximum absolute atomic E-state index is 12.7. The number of rotatable bonds is 7. The monoisotopic (exact) mass is 469 g/mol. The Morgan fingerprint density at radius 1 is 1.03 bits per heavy atom. The molecular formula is C25H25Cl2N3O2. The van der Waals surface area contributed by atoms with E-state index >= 15 is 0 Å². The number of hydrogen-bond donors (Lipinski definition) is 3. The molecular weight excluding hydrogens is 445 g/mol. The second-order valence-corrected chi connectivity index (χ2v) is 7.88. The van der Waals surface area contributed by atoms with Crippen molar-refractivity contribution in [2.45, 2.75) is 12.1 Å². The average molecular weight is 470 g/mol. The van der Waals surface area contributed by atoms with Gasteiger partial charge in [-0.3, -0.25) is 4.79 Å². The summed E-state index contributed by atoms with van der Waals surface area (Å²) in [5.74, 6) is -0.202. The third kappa shape index (κ3) is 5.14. The molecule has 0 spiro atoms. The topological polar surface area (TPSA) is 66.3 Å². The Morgan fingerprint density at radius 2 is 1.81 bits per heavy atom. The van der Waals surface area contributed by atoms with Gasteiger partial charge in [-0.05, 0) is 55.1 Å². The van der Waals surface area contributed by atoms with Crippen LogP contribution in [-0.2, 0) is 0 Å². The number of aliphatic hydroxyl groups is 1. The summed E-state index contributed by atoms with van der Waals surface area (Å²) in [5.41, 5.74) is 3.17. The predicted molar refractivity (Wildman–Crippen MR) is 133 cm³/mol. The van der Waals surface area contributed by atoms with E-state index in [4.69, 9.17) is 11.6 Å². The van der Waals surface area contributed by atoms with Crippen molar-refractivity contribution in [3.8, 4) is 0 Å². The zero-order valence-electron chi connectivity index (χ0n) is 17.5. The van der Waals surface area contributed by atoms with E-state index in [-0.39, 0.29) is 24.4 Å². The number of benzene rings is 3. The number of nitrogens with one attached hydrogen (secondary N) is 2. The summed E-state index contributed by atoms with van der Waals surface area (Å²) < 4.78 is 2.06. The van der Waals surface area contributed by atoms with Gasteiger partial charge in [0.05, 0.1) is 12.1 Å². The molecule has 32 heavy (non-hydrogen) atoms. The van der Waals surface area contributed by atoms with Crippen LogP contribution in [0.25, 0.3) is 10.9 Å². The minimum atomic E-state index is -0.617. The lowest BCUT2D eigenvalue weighted by atomic mass is 10.0. The van der Waals surface area contributed by atoms with E-state index in [2.05, 4.69) is 15.2 Å². The number of aliphatic hydroxyl groups excluding tert-OH is 1. The number of nitrogens with zero attached hydrogens (tertiary/aromatic N) is 1. The number of aromatic nitrogens is 1. The zero-order valence-corrected chi connectivity index (χ0v) is 19.1. The van der Waals surface area contributed by atoms with Crippen molar-refractivity contribution < 1.29 is 9.90 Å². The number of anilines is 1. The van der Waals surface area contributed by atoms with Crippen molar-refractivity contribution in [3.63, 3.8) is 0 Å². The molecule has 0 fully saturated rings. The number of likely N-dealkylation sites (N-methyl/N-ethyl adjacent to an activating group) is 1. The molecule has 5 nitrogen and oxygen atoms in total. The number of carbonyl (C=O) groups is 1. The van der Waals surface area contributed by atoms with Crippen LogP contribution in [0.2, 0.25) is 5.02 Å². The summed E-state index contributed by atoms with van der Waals surface area (Å²) in [6, 6.07) is 24.3. The van der Waals surface area contributed by atoms with Crippen LogP contribution in [0.3, 0.4) is 0 Å². The van der Waals surface area contributed by atoms with E-state index in [1.165, 1.54) is 0 Å². The number of amides is 1. The lowest BCUT2D eigenvalue weighted by molar-refractivity contribution is 0.102. The van der Waals surface area contributed by atoms with E-state index in [1.807, 2.05) is 61.8 Å². The van der Waals surface area contributed by atoms with Crippen molar-refractivity contribution >= 4 is 46.5 Å². The molecule has 3 N–H and O–H groups in total. The summed E-state index contributed by atoms with van der Waals surface area (Å²) in [6.45, 7) is 0.458. The van der Waals surface area contributed by atoms with Crippen molar-refractivity contribution in [3.05, 3.63) is 101 Å². The molecule has 0 aliphatic rings. The third-order valence-electron chi connectivity index (χ3n) is 5.28. The van der Waals surface area contributed by atoms with Crippen molar-refractivity contribution in [1.82, 2.24) is 9.88 Å². The molecule has 166 valence electrons.